The Kier molecular flexibility index (Phi) is 4.88. The van der Waals surface area contributed by atoms with E-state index in [0.29, 0.717) is 24.2 Å². The topological polar surface area (TPSA) is 47.5 Å². The molecule has 100 valence electrons. The zero-order valence-corrected chi connectivity index (χ0v) is 11.5. The Morgan fingerprint density at radius 3 is 3.11 bits per heavy atom. The van der Waals surface area contributed by atoms with Gasteiger partial charge in [0.05, 0.1) is 18.9 Å². The van der Waals surface area contributed by atoms with Crippen LogP contribution in [0.5, 0.6) is 0 Å². The molecule has 0 bridgehead atoms. The summed E-state index contributed by atoms with van der Waals surface area (Å²) in [6, 6.07) is 1.72. The van der Waals surface area contributed by atoms with Crippen molar-refractivity contribution in [3.8, 4) is 0 Å². The molecule has 0 N–H and O–H groups in total. The standard InChI is InChI=1S/C12H18ClN3O2/c1-3-16-4-5-18-10(7-16)12-14-9(8-17-2)6-11(13)15-12/h6,10H,3-5,7-8H2,1-2H3. The minimum Gasteiger partial charge on any atom is -0.378 e. The van der Waals surface area contributed by atoms with E-state index in [0.717, 1.165) is 25.3 Å². The van der Waals surface area contributed by atoms with Crippen LogP contribution < -0.4 is 0 Å². The van der Waals surface area contributed by atoms with E-state index in [1.165, 1.54) is 0 Å². The lowest BCUT2D eigenvalue weighted by Gasteiger charge is -2.31. The molecule has 5 nitrogen and oxygen atoms in total. The Morgan fingerprint density at radius 1 is 1.56 bits per heavy atom. The first-order chi connectivity index (χ1) is 8.72. The molecule has 2 rings (SSSR count). The molecule has 1 aliphatic rings. The highest BCUT2D eigenvalue weighted by Crippen LogP contribution is 2.21. The molecule has 18 heavy (non-hydrogen) atoms. The van der Waals surface area contributed by atoms with Crippen molar-refractivity contribution in [1.82, 2.24) is 14.9 Å². The fraction of sp³-hybridized carbons (Fsp3) is 0.667. The van der Waals surface area contributed by atoms with E-state index < -0.39 is 0 Å². The van der Waals surface area contributed by atoms with Crippen LogP contribution in [-0.2, 0) is 16.1 Å². The number of methoxy groups -OCH3 is 1. The molecule has 0 spiro atoms. The van der Waals surface area contributed by atoms with Gasteiger partial charge in [-0.1, -0.05) is 18.5 Å². The summed E-state index contributed by atoms with van der Waals surface area (Å²) in [6.07, 6.45) is -0.104. The molecule has 0 aliphatic carbocycles. The summed E-state index contributed by atoms with van der Waals surface area (Å²) >= 11 is 6.00. The first-order valence-electron chi connectivity index (χ1n) is 6.09. The van der Waals surface area contributed by atoms with Gasteiger partial charge in [0, 0.05) is 20.2 Å². The maximum absolute atomic E-state index is 6.00. The van der Waals surface area contributed by atoms with E-state index in [-0.39, 0.29) is 6.10 Å². The Bertz CT molecular complexity index is 403. The zero-order chi connectivity index (χ0) is 13.0. The molecule has 0 saturated carbocycles. The second kappa shape index (κ2) is 6.43. The van der Waals surface area contributed by atoms with Gasteiger partial charge < -0.3 is 9.47 Å². The van der Waals surface area contributed by atoms with Gasteiger partial charge in [0.25, 0.3) is 0 Å². The average molecular weight is 272 g/mol. The van der Waals surface area contributed by atoms with E-state index in [9.17, 15) is 0 Å². The monoisotopic (exact) mass is 271 g/mol. The van der Waals surface area contributed by atoms with Gasteiger partial charge in [-0.15, -0.1) is 0 Å². The van der Waals surface area contributed by atoms with Crippen molar-refractivity contribution in [3.63, 3.8) is 0 Å². The summed E-state index contributed by atoms with van der Waals surface area (Å²) in [5.74, 6) is 0.646. The number of nitrogens with zero attached hydrogens (tertiary/aromatic N) is 3. The minimum atomic E-state index is -0.104. The minimum absolute atomic E-state index is 0.104. The van der Waals surface area contributed by atoms with Crippen molar-refractivity contribution < 1.29 is 9.47 Å². The predicted molar refractivity (Wildman–Crippen MR) is 68.6 cm³/mol. The zero-order valence-electron chi connectivity index (χ0n) is 10.7. The Labute approximate surface area is 112 Å². The number of halogens is 1. The third kappa shape index (κ3) is 3.38. The van der Waals surface area contributed by atoms with Crippen molar-refractivity contribution in [2.45, 2.75) is 19.6 Å². The summed E-state index contributed by atoms with van der Waals surface area (Å²) in [4.78, 5) is 11.0. The van der Waals surface area contributed by atoms with E-state index in [4.69, 9.17) is 21.1 Å². The van der Waals surface area contributed by atoms with Gasteiger partial charge in [0.1, 0.15) is 11.3 Å². The second-order valence-corrected chi connectivity index (χ2v) is 4.61. The molecule has 1 unspecified atom stereocenters. The molecule has 2 heterocycles. The number of aromatic nitrogens is 2. The number of ether oxygens (including phenoxy) is 2. The van der Waals surface area contributed by atoms with Gasteiger partial charge in [-0.05, 0) is 12.6 Å². The average Bonchev–Trinajstić information content (AvgIpc) is 2.38. The molecule has 1 atom stereocenters. The van der Waals surface area contributed by atoms with Crippen molar-refractivity contribution in [2.24, 2.45) is 0 Å². The fourth-order valence-corrected chi connectivity index (χ4v) is 2.21. The van der Waals surface area contributed by atoms with Crippen molar-refractivity contribution in [3.05, 3.63) is 22.7 Å². The fourth-order valence-electron chi connectivity index (χ4n) is 2.00. The van der Waals surface area contributed by atoms with E-state index in [2.05, 4.69) is 21.8 Å². The predicted octanol–water partition coefficient (Wildman–Crippen LogP) is 1.67. The molecule has 1 aromatic rings. The van der Waals surface area contributed by atoms with E-state index in [1.54, 1.807) is 13.2 Å². The Morgan fingerprint density at radius 2 is 2.39 bits per heavy atom. The van der Waals surface area contributed by atoms with Crippen LogP contribution in [-0.4, -0.2) is 48.2 Å². The smallest absolute Gasteiger partial charge is 0.160 e. The highest BCUT2D eigenvalue weighted by atomic mass is 35.5. The van der Waals surface area contributed by atoms with Gasteiger partial charge >= 0.3 is 0 Å². The molecule has 1 saturated heterocycles. The largest absolute Gasteiger partial charge is 0.378 e. The molecular formula is C12H18ClN3O2. The summed E-state index contributed by atoms with van der Waals surface area (Å²) in [7, 11) is 1.63. The van der Waals surface area contributed by atoms with Crippen molar-refractivity contribution >= 4 is 11.6 Å². The lowest BCUT2D eigenvalue weighted by Crippen LogP contribution is -2.38. The SMILES string of the molecule is CCN1CCOC(c2nc(Cl)cc(COC)n2)C1. The Hall–Kier alpha value is -0.750. The first kappa shape index (κ1) is 13.7. The molecule has 0 aromatic carbocycles. The number of morpholine rings is 1. The van der Waals surface area contributed by atoms with Crippen LogP contribution in [0.4, 0.5) is 0 Å². The summed E-state index contributed by atoms with van der Waals surface area (Å²) < 4.78 is 10.8. The highest BCUT2D eigenvalue weighted by Gasteiger charge is 2.23. The third-order valence-corrected chi connectivity index (χ3v) is 3.14. The molecule has 1 fully saturated rings. The number of hydrogen-bond acceptors (Lipinski definition) is 5. The van der Waals surface area contributed by atoms with Gasteiger partial charge in [-0.3, -0.25) is 4.90 Å². The lowest BCUT2D eigenvalue weighted by atomic mass is 10.2. The van der Waals surface area contributed by atoms with Crippen LogP contribution in [0.1, 0.15) is 24.5 Å². The molecule has 1 aliphatic heterocycles. The van der Waals surface area contributed by atoms with Crippen LogP contribution in [0.3, 0.4) is 0 Å². The van der Waals surface area contributed by atoms with Crippen LogP contribution in [0.25, 0.3) is 0 Å². The van der Waals surface area contributed by atoms with Crippen LogP contribution in [0.15, 0.2) is 6.07 Å². The number of hydrogen-bond donors (Lipinski definition) is 0. The number of likely N-dealkylation sites (N-methyl/N-ethyl adjacent to an activating group) is 1. The Balaban J connectivity index is 2.16. The lowest BCUT2D eigenvalue weighted by molar-refractivity contribution is -0.0327. The second-order valence-electron chi connectivity index (χ2n) is 4.23. The van der Waals surface area contributed by atoms with Gasteiger partial charge in [0.2, 0.25) is 0 Å². The molecule has 0 radical (unpaired) electrons. The van der Waals surface area contributed by atoms with Crippen LogP contribution in [0, 0.1) is 0 Å². The van der Waals surface area contributed by atoms with Crippen LogP contribution >= 0.6 is 11.6 Å². The third-order valence-electron chi connectivity index (χ3n) is 2.94. The quantitative estimate of drug-likeness (QED) is 0.780. The van der Waals surface area contributed by atoms with Crippen molar-refractivity contribution in [2.75, 3.05) is 33.4 Å². The maximum atomic E-state index is 6.00. The molecule has 1 aromatic heterocycles. The normalized spacial score (nSPS) is 21.2. The van der Waals surface area contributed by atoms with E-state index in [1.807, 2.05) is 0 Å². The van der Waals surface area contributed by atoms with Gasteiger partial charge in [0.15, 0.2) is 5.82 Å². The van der Waals surface area contributed by atoms with Gasteiger partial charge in [-0.25, -0.2) is 9.97 Å². The molecule has 0 amide bonds. The molecule has 6 heteroatoms. The summed E-state index contributed by atoms with van der Waals surface area (Å²) in [5, 5.41) is 0.435. The van der Waals surface area contributed by atoms with E-state index >= 15 is 0 Å². The number of rotatable bonds is 4. The summed E-state index contributed by atoms with van der Waals surface area (Å²) in [5.41, 5.74) is 0.782. The summed E-state index contributed by atoms with van der Waals surface area (Å²) in [6.45, 7) is 6.04. The maximum Gasteiger partial charge on any atom is 0.160 e. The first-order valence-corrected chi connectivity index (χ1v) is 6.47. The van der Waals surface area contributed by atoms with Gasteiger partial charge in [-0.2, -0.15) is 0 Å². The van der Waals surface area contributed by atoms with Crippen LogP contribution in [0.2, 0.25) is 5.15 Å². The van der Waals surface area contributed by atoms with Crippen molar-refractivity contribution in [1.29, 1.82) is 0 Å². The molecular weight excluding hydrogens is 254 g/mol. The highest BCUT2D eigenvalue weighted by molar-refractivity contribution is 6.29.